The molecule has 1 unspecified atom stereocenters. The highest BCUT2D eigenvalue weighted by Crippen LogP contribution is 2.42. The van der Waals surface area contributed by atoms with E-state index in [-0.39, 0.29) is 17.0 Å². The third-order valence-electron chi connectivity index (χ3n) is 6.44. The van der Waals surface area contributed by atoms with E-state index in [1.54, 1.807) is 18.2 Å². The van der Waals surface area contributed by atoms with Crippen LogP contribution >= 0.6 is 0 Å². The first-order valence-corrected chi connectivity index (χ1v) is 11.9. The van der Waals surface area contributed by atoms with Crippen molar-refractivity contribution in [2.75, 3.05) is 40.9 Å². The number of carbonyl (C=O) groups excluding carboxylic acids is 2. The molecule has 1 aliphatic rings. The van der Waals surface area contributed by atoms with Gasteiger partial charge in [-0.2, -0.15) is 0 Å². The Balaban J connectivity index is 1.92. The molecule has 9 nitrogen and oxygen atoms in total. The molecule has 2 aromatic heterocycles. The van der Waals surface area contributed by atoms with Crippen LogP contribution < -0.4 is 9.47 Å². The summed E-state index contributed by atoms with van der Waals surface area (Å²) in [5.41, 5.74) is 3.20. The number of ether oxygens (including phenoxy) is 2. The number of amides is 1. The number of aliphatic hydroxyl groups excluding tert-OH is 1. The highest BCUT2D eigenvalue weighted by molar-refractivity contribution is 6.46. The molecule has 3 aromatic rings. The first-order chi connectivity index (χ1) is 17.2. The Kier molecular flexibility index (Phi) is 7.03. The van der Waals surface area contributed by atoms with Gasteiger partial charge in [-0.1, -0.05) is 12.1 Å². The molecule has 1 saturated heterocycles. The summed E-state index contributed by atoms with van der Waals surface area (Å²) in [6, 6.07) is 8.31. The molecular weight excluding hydrogens is 460 g/mol. The molecule has 0 bridgehead atoms. The fraction of sp³-hybridized carbons (Fsp3) is 0.370. The van der Waals surface area contributed by atoms with E-state index >= 15 is 0 Å². The van der Waals surface area contributed by atoms with Crippen molar-refractivity contribution in [3.05, 3.63) is 64.6 Å². The normalized spacial score (nSPS) is 17.4. The Hall–Kier alpha value is -3.85. The number of imidazole rings is 1. The number of likely N-dealkylation sites (N-methyl/N-ethyl adjacent to an activating group) is 1. The van der Waals surface area contributed by atoms with Crippen LogP contribution in [-0.4, -0.2) is 76.9 Å². The van der Waals surface area contributed by atoms with Gasteiger partial charge in [0.25, 0.3) is 11.7 Å². The first-order valence-electron chi connectivity index (χ1n) is 11.9. The SMILES string of the molecule is CCOc1ccc(C2C(=C(O)c3nc4c(C)cccn4c3C)C(=O)C(=O)N2CCN(C)C)cc1OC. The zero-order chi connectivity index (χ0) is 26.1. The molecule has 1 fully saturated rings. The van der Waals surface area contributed by atoms with Gasteiger partial charge in [-0.15, -0.1) is 0 Å². The molecule has 1 aromatic carbocycles. The molecule has 4 rings (SSSR count). The number of pyridine rings is 1. The molecule has 3 heterocycles. The Labute approximate surface area is 210 Å². The molecule has 9 heteroatoms. The quantitative estimate of drug-likeness (QED) is 0.293. The van der Waals surface area contributed by atoms with Gasteiger partial charge < -0.3 is 28.8 Å². The molecule has 190 valence electrons. The zero-order valence-electron chi connectivity index (χ0n) is 21.5. The fourth-order valence-electron chi connectivity index (χ4n) is 4.57. The summed E-state index contributed by atoms with van der Waals surface area (Å²) < 4.78 is 13.0. The molecule has 0 saturated carbocycles. The Morgan fingerprint density at radius 3 is 2.56 bits per heavy atom. The number of aromatic nitrogens is 2. The molecular formula is C27H32N4O5. The lowest BCUT2D eigenvalue weighted by Crippen LogP contribution is -2.35. The highest BCUT2D eigenvalue weighted by Gasteiger charge is 2.46. The van der Waals surface area contributed by atoms with Crippen LogP contribution in [0.1, 0.15) is 35.5 Å². The number of likely N-dealkylation sites (tertiary alicyclic amines) is 1. The monoisotopic (exact) mass is 492 g/mol. The third-order valence-corrected chi connectivity index (χ3v) is 6.44. The molecule has 1 amide bonds. The second-order valence-corrected chi connectivity index (χ2v) is 9.07. The number of fused-ring (bicyclic) bond motifs is 1. The number of Topliss-reactive ketones (excluding diaryl/α,β-unsaturated/α-hetero) is 1. The van der Waals surface area contributed by atoms with Gasteiger partial charge in [-0.05, 0) is 64.2 Å². The van der Waals surface area contributed by atoms with Crippen molar-refractivity contribution in [2.45, 2.75) is 26.8 Å². The highest BCUT2D eigenvalue weighted by atomic mass is 16.5. The molecule has 0 spiro atoms. The maximum atomic E-state index is 13.4. The number of hydrogen-bond acceptors (Lipinski definition) is 7. The van der Waals surface area contributed by atoms with Crippen LogP contribution in [0.2, 0.25) is 0 Å². The van der Waals surface area contributed by atoms with Crippen molar-refractivity contribution in [1.29, 1.82) is 0 Å². The topological polar surface area (TPSA) is 96.6 Å². The number of benzene rings is 1. The van der Waals surface area contributed by atoms with Gasteiger partial charge in [-0.25, -0.2) is 4.98 Å². The van der Waals surface area contributed by atoms with Crippen molar-refractivity contribution in [2.24, 2.45) is 0 Å². The Morgan fingerprint density at radius 2 is 1.92 bits per heavy atom. The van der Waals surface area contributed by atoms with Gasteiger partial charge in [0.2, 0.25) is 0 Å². The standard InChI is InChI=1S/C27H32N4O5/c1-7-36-19-11-10-18(15-20(19)35-6)23-21(25(33)27(34)31(23)14-13-29(4)5)24(32)22-17(3)30-12-8-9-16(2)26(30)28-22/h8-12,15,23,32H,7,13-14H2,1-6H3. The van der Waals surface area contributed by atoms with Crippen molar-refractivity contribution in [3.8, 4) is 11.5 Å². The number of aryl methyl sites for hydroxylation is 2. The maximum absolute atomic E-state index is 13.4. The van der Waals surface area contributed by atoms with Crippen LogP contribution in [0.3, 0.4) is 0 Å². The van der Waals surface area contributed by atoms with Gasteiger partial charge in [0.1, 0.15) is 11.3 Å². The minimum atomic E-state index is -0.806. The van der Waals surface area contributed by atoms with Gasteiger partial charge in [-0.3, -0.25) is 9.59 Å². The van der Waals surface area contributed by atoms with Crippen LogP contribution in [-0.2, 0) is 9.59 Å². The summed E-state index contributed by atoms with van der Waals surface area (Å²) in [6.45, 7) is 6.94. The molecule has 36 heavy (non-hydrogen) atoms. The van der Waals surface area contributed by atoms with Crippen LogP contribution in [0.25, 0.3) is 11.4 Å². The third kappa shape index (κ3) is 4.30. The number of ketones is 1. The number of nitrogens with zero attached hydrogens (tertiary/aromatic N) is 4. The molecule has 0 aliphatic carbocycles. The number of rotatable bonds is 8. The van der Waals surface area contributed by atoms with Crippen molar-refractivity contribution in [1.82, 2.24) is 19.2 Å². The van der Waals surface area contributed by atoms with Gasteiger partial charge in [0.05, 0.1) is 31.0 Å². The minimum absolute atomic E-state index is 0.00845. The number of methoxy groups -OCH3 is 1. The minimum Gasteiger partial charge on any atom is -0.505 e. The zero-order valence-corrected chi connectivity index (χ0v) is 21.5. The van der Waals surface area contributed by atoms with Crippen LogP contribution in [0.15, 0.2) is 42.1 Å². The average molecular weight is 493 g/mol. The summed E-state index contributed by atoms with van der Waals surface area (Å²) in [6.07, 6.45) is 1.85. The lowest BCUT2D eigenvalue weighted by molar-refractivity contribution is -0.140. The Morgan fingerprint density at radius 1 is 1.17 bits per heavy atom. The predicted molar refractivity (Wildman–Crippen MR) is 136 cm³/mol. The van der Waals surface area contributed by atoms with Crippen LogP contribution in [0.4, 0.5) is 0 Å². The van der Waals surface area contributed by atoms with E-state index in [2.05, 4.69) is 4.98 Å². The summed E-state index contributed by atoms with van der Waals surface area (Å²) in [5.74, 6) is -0.655. The van der Waals surface area contributed by atoms with Crippen molar-refractivity contribution < 1.29 is 24.2 Å². The second kappa shape index (κ2) is 10.0. The van der Waals surface area contributed by atoms with Crippen LogP contribution in [0, 0.1) is 13.8 Å². The lowest BCUT2D eigenvalue weighted by Gasteiger charge is -2.27. The van der Waals surface area contributed by atoms with Gasteiger partial charge in [0.15, 0.2) is 17.3 Å². The van der Waals surface area contributed by atoms with E-state index in [0.717, 1.165) is 5.56 Å². The Bertz CT molecular complexity index is 1360. The smallest absolute Gasteiger partial charge is 0.295 e. The van der Waals surface area contributed by atoms with E-state index < -0.39 is 17.7 Å². The second-order valence-electron chi connectivity index (χ2n) is 9.07. The van der Waals surface area contributed by atoms with Gasteiger partial charge >= 0.3 is 0 Å². The van der Waals surface area contributed by atoms with Crippen molar-refractivity contribution in [3.63, 3.8) is 0 Å². The van der Waals surface area contributed by atoms with E-state index in [9.17, 15) is 14.7 Å². The predicted octanol–water partition coefficient (Wildman–Crippen LogP) is 3.34. The fourth-order valence-corrected chi connectivity index (χ4v) is 4.57. The summed E-state index contributed by atoms with van der Waals surface area (Å²) in [7, 11) is 5.33. The van der Waals surface area contributed by atoms with E-state index in [1.807, 2.05) is 62.5 Å². The summed E-state index contributed by atoms with van der Waals surface area (Å²) in [5, 5.41) is 11.5. The van der Waals surface area contributed by atoms with Crippen LogP contribution in [0.5, 0.6) is 11.5 Å². The average Bonchev–Trinajstić information content (AvgIpc) is 3.32. The van der Waals surface area contributed by atoms with Crippen molar-refractivity contribution >= 4 is 23.1 Å². The molecule has 1 N–H and O–H groups in total. The number of carbonyl (C=O) groups is 2. The maximum Gasteiger partial charge on any atom is 0.295 e. The van der Waals surface area contributed by atoms with E-state index in [1.165, 1.54) is 12.0 Å². The summed E-state index contributed by atoms with van der Waals surface area (Å²) in [4.78, 5) is 34.6. The number of aliphatic hydroxyl groups is 1. The number of hydrogen-bond donors (Lipinski definition) is 1. The molecule has 0 radical (unpaired) electrons. The van der Waals surface area contributed by atoms with E-state index in [4.69, 9.17) is 9.47 Å². The summed E-state index contributed by atoms with van der Waals surface area (Å²) >= 11 is 0. The van der Waals surface area contributed by atoms with E-state index in [0.29, 0.717) is 48.1 Å². The van der Waals surface area contributed by atoms with Gasteiger partial charge in [0, 0.05) is 19.3 Å². The first kappa shape index (κ1) is 25.2. The lowest BCUT2D eigenvalue weighted by atomic mass is 9.96. The largest absolute Gasteiger partial charge is 0.505 e. The molecule has 1 atom stereocenters. The molecule has 1 aliphatic heterocycles.